The van der Waals surface area contributed by atoms with Gasteiger partial charge in [-0.15, -0.1) is 0 Å². The van der Waals surface area contributed by atoms with E-state index in [0.29, 0.717) is 5.03 Å². The molecule has 0 fully saturated rings. The van der Waals surface area contributed by atoms with Gasteiger partial charge in [-0.1, -0.05) is 30.3 Å². The molecule has 0 saturated carbocycles. The molecule has 0 amide bonds. The third-order valence-corrected chi connectivity index (χ3v) is 5.50. The summed E-state index contributed by atoms with van der Waals surface area (Å²) in [7, 11) is 0. The van der Waals surface area contributed by atoms with E-state index in [2.05, 4.69) is 16.7 Å². The Morgan fingerprint density at radius 2 is 1.85 bits per heavy atom. The summed E-state index contributed by atoms with van der Waals surface area (Å²) in [6.07, 6.45) is 2.38. The quantitative estimate of drug-likeness (QED) is 0.275. The summed E-state index contributed by atoms with van der Waals surface area (Å²) in [5.41, 5.74) is 4.11. The SMILES string of the molecule is Cc1cc(C(=O)CSc2cccc[n+]2[O-])c(C)n1CCc1ccccc1. The monoisotopic (exact) mass is 366 g/mol. The van der Waals surface area contributed by atoms with Crippen molar-refractivity contribution in [3.8, 4) is 0 Å². The summed E-state index contributed by atoms with van der Waals surface area (Å²) in [5, 5.41) is 12.2. The van der Waals surface area contributed by atoms with Crippen LogP contribution in [-0.2, 0) is 13.0 Å². The molecule has 0 saturated heterocycles. The number of hydrogen-bond acceptors (Lipinski definition) is 3. The molecule has 1 aromatic carbocycles. The minimum atomic E-state index is 0.0536. The average molecular weight is 366 g/mol. The highest BCUT2D eigenvalue weighted by molar-refractivity contribution is 7.99. The van der Waals surface area contributed by atoms with Crippen molar-refractivity contribution in [1.29, 1.82) is 0 Å². The van der Waals surface area contributed by atoms with Crippen LogP contribution in [0.1, 0.15) is 27.3 Å². The highest BCUT2D eigenvalue weighted by atomic mass is 32.2. The number of carbonyl (C=O) groups excluding carboxylic acids is 1. The van der Waals surface area contributed by atoms with E-state index in [1.807, 2.05) is 38.1 Å². The number of nitrogens with zero attached hydrogens (tertiary/aromatic N) is 2. The average Bonchev–Trinajstić information content (AvgIpc) is 2.94. The molecule has 0 atom stereocenters. The first-order chi connectivity index (χ1) is 12.6. The molecule has 5 heteroatoms. The predicted molar refractivity (Wildman–Crippen MR) is 105 cm³/mol. The lowest BCUT2D eigenvalue weighted by Crippen LogP contribution is -2.28. The van der Waals surface area contributed by atoms with Gasteiger partial charge in [0, 0.05) is 35.6 Å². The van der Waals surface area contributed by atoms with Gasteiger partial charge in [-0.05, 0) is 49.7 Å². The minimum absolute atomic E-state index is 0.0536. The van der Waals surface area contributed by atoms with Gasteiger partial charge in [0.25, 0.3) is 5.03 Å². The van der Waals surface area contributed by atoms with Gasteiger partial charge in [0.2, 0.25) is 0 Å². The van der Waals surface area contributed by atoms with Crippen molar-refractivity contribution in [2.24, 2.45) is 0 Å². The Bertz CT molecular complexity index is 904. The molecule has 3 aromatic rings. The minimum Gasteiger partial charge on any atom is -0.618 e. The molecular formula is C21H22N2O2S. The molecule has 0 aliphatic heterocycles. The molecule has 134 valence electrons. The third kappa shape index (κ3) is 4.17. The van der Waals surface area contributed by atoms with Crippen LogP contribution in [0.15, 0.2) is 65.8 Å². The van der Waals surface area contributed by atoms with Crippen LogP contribution in [-0.4, -0.2) is 16.1 Å². The zero-order valence-corrected chi connectivity index (χ0v) is 15.8. The van der Waals surface area contributed by atoms with Gasteiger partial charge in [0.05, 0.1) is 5.75 Å². The first-order valence-electron chi connectivity index (χ1n) is 8.61. The van der Waals surface area contributed by atoms with Crippen LogP contribution in [0.4, 0.5) is 0 Å². The number of carbonyl (C=O) groups is 1. The van der Waals surface area contributed by atoms with Gasteiger partial charge < -0.3 is 9.77 Å². The topological polar surface area (TPSA) is 48.9 Å². The van der Waals surface area contributed by atoms with E-state index >= 15 is 0 Å². The molecule has 0 bridgehead atoms. The first kappa shape index (κ1) is 18.3. The predicted octanol–water partition coefficient (Wildman–Crippen LogP) is 3.96. The van der Waals surface area contributed by atoms with Crippen molar-refractivity contribution in [2.75, 3.05) is 5.75 Å². The number of aryl methyl sites for hydroxylation is 2. The van der Waals surface area contributed by atoms with Crippen molar-refractivity contribution >= 4 is 17.5 Å². The van der Waals surface area contributed by atoms with E-state index < -0.39 is 0 Å². The number of rotatable bonds is 7. The molecule has 0 aliphatic rings. The van der Waals surface area contributed by atoms with Crippen LogP contribution < -0.4 is 4.73 Å². The molecule has 26 heavy (non-hydrogen) atoms. The van der Waals surface area contributed by atoms with Crippen LogP contribution in [0.5, 0.6) is 0 Å². The number of pyridine rings is 1. The van der Waals surface area contributed by atoms with E-state index in [-0.39, 0.29) is 11.5 Å². The summed E-state index contributed by atoms with van der Waals surface area (Å²) < 4.78 is 2.99. The van der Waals surface area contributed by atoms with Crippen molar-refractivity contribution < 1.29 is 9.52 Å². The van der Waals surface area contributed by atoms with Crippen molar-refractivity contribution in [1.82, 2.24) is 4.57 Å². The Labute approximate surface area is 158 Å². The van der Waals surface area contributed by atoms with E-state index in [1.54, 1.807) is 18.2 Å². The van der Waals surface area contributed by atoms with Crippen molar-refractivity contribution in [3.05, 3.63) is 88.5 Å². The fourth-order valence-electron chi connectivity index (χ4n) is 3.05. The Hall–Kier alpha value is -2.53. The van der Waals surface area contributed by atoms with E-state index in [1.165, 1.54) is 23.5 Å². The second kappa shape index (κ2) is 8.23. The van der Waals surface area contributed by atoms with Crippen molar-refractivity contribution in [3.63, 3.8) is 0 Å². The lowest BCUT2D eigenvalue weighted by Gasteiger charge is -2.10. The summed E-state index contributed by atoms with van der Waals surface area (Å²) in [5.74, 6) is 0.313. The zero-order chi connectivity index (χ0) is 18.5. The molecule has 4 nitrogen and oxygen atoms in total. The Morgan fingerprint density at radius 3 is 2.58 bits per heavy atom. The van der Waals surface area contributed by atoms with Crippen LogP contribution >= 0.6 is 11.8 Å². The van der Waals surface area contributed by atoms with Gasteiger partial charge in [-0.3, -0.25) is 4.79 Å². The maximum atomic E-state index is 12.6. The van der Waals surface area contributed by atoms with Crippen LogP contribution in [0.3, 0.4) is 0 Å². The number of benzene rings is 1. The zero-order valence-electron chi connectivity index (χ0n) is 15.0. The lowest BCUT2D eigenvalue weighted by atomic mass is 10.1. The molecular weight excluding hydrogens is 344 g/mol. The molecule has 0 spiro atoms. The van der Waals surface area contributed by atoms with Gasteiger partial charge in [0.1, 0.15) is 0 Å². The number of ketones is 1. The van der Waals surface area contributed by atoms with Gasteiger partial charge >= 0.3 is 0 Å². The third-order valence-electron chi connectivity index (χ3n) is 4.48. The maximum absolute atomic E-state index is 12.6. The van der Waals surface area contributed by atoms with Crippen molar-refractivity contribution in [2.45, 2.75) is 31.8 Å². The van der Waals surface area contributed by atoms with Gasteiger partial charge in [-0.25, -0.2) is 0 Å². The summed E-state index contributed by atoms with van der Waals surface area (Å²) in [6.45, 7) is 4.87. The second-order valence-electron chi connectivity index (χ2n) is 6.25. The smallest absolute Gasteiger partial charge is 0.251 e. The van der Waals surface area contributed by atoms with E-state index in [0.717, 1.165) is 34.6 Å². The number of aromatic nitrogens is 2. The number of hydrogen-bond donors (Lipinski definition) is 0. The second-order valence-corrected chi connectivity index (χ2v) is 7.24. The highest BCUT2D eigenvalue weighted by Gasteiger charge is 2.17. The maximum Gasteiger partial charge on any atom is 0.251 e. The molecule has 2 aromatic heterocycles. The van der Waals surface area contributed by atoms with Crippen LogP contribution in [0.2, 0.25) is 0 Å². The molecule has 3 rings (SSSR count). The molecule has 0 unspecified atom stereocenters. The Kier molecular flexibility index (Phi) is 5.78. The fraction of sp³-hybridized carbons (Fsp3) is 0.238. The molecule has 0 radical (unpaired) electrons. The highest BCUT2D eigenvalue weighted by Crippen LogP contribution is 2.20. The Morgan fingerprint density at radius 1 is 1.12 bits per heavy atom. The largest absolute Gasteiger partial charge is 0.618 e. The van der Waals surface area contributed by atoms with E-state index in [9.17, 15) is 10.0 Å². The normalized spacial score (nSPS) is 10.8. The van der Waals surface area contributed by atoms with Crippen LogP contribution in [0, 0.1) is 19.1 Å². The number of Topliss-reactive ketones (excluding diaryl/α,β-unsaturated/α-hetero) is 1. The molecule has 2 heterocycles. The lowest BCUT2D eigenvalue weighted by molar-refractivity contribution is -0.645. The molecule has 0 N–H and O–H groups in total. The van der Waals surface area contributed by atoms with Crippen LogP contribution in [0.25, 0.3) is 0 Å². The summed E-state index contributed by atoms with van der Waals surface area (Å²) in [6, 6.07) is 17.5. The van der Waals surface area contributed by atoms with Gasteiger partial charge in [-0.2, -0.15) is 4.73 Å². The molecule has 0 aliphatic carbocycles. The first-order valence-corrected chi connectivity index (χ1v) is 9.59. The fourth-order valence-corrected chi connectivity index (χ4v) is 3.85. The summed E-state index contributed by atoms with van der Waals surface area (Å²) in [4.78, 5) is 12.6. The van der Waals surface area contributed by atoms with Gasteiger partial charge in [0.15, 0.2) is 12.0 Å². The van der Waals surface area contributed by atoms with E-state index in [4.69, 9.17) is 0 Å². The number of thioether (sulfide) groups is 1. The standard InChI is InChI=1S/C21H22N2O2S/c1-16-14-19(20(24)15-26-21-10-6-7-12-23(21)25)17(2)22(16)13-11-18-8-4-3-5-9-18/h3-10,12,14H,11,13,15H2,1-2H3. The summed E-state index contributed by atoms with van der Waals surface area (Å²) >= 11 is 1.28. The Balaban J connectivity index is 1.68.